The van der Waals surface area contributed by atoms with Gasteiger partial charge in [-0.05, 0) is 30.9 Å². The van der Waals surface area contributed by atoms with Gasteiger partial charge in [0.1, 0.15) is 5.92 Å². The molecule has 0 bridgehead atoms. The van der Waals surface area contributed by atoms with Gasteiger partial charge >= 0.3 is 6.09 Å². The number of hydrogen-bond donors (Lipinski definition) is 1. The van der Waals surface area contributed by atoms with Crippen molar-refractivity contribution in [3.63, 3.8) is 0 Å². The van der Waals surface area contributed by atoms with Crippen LogP contribution in [0.5, 0.6) is 0 Å². The lowest BCUT2D eigenvalue weighted by Gasteiger charge is -2.47. The van der Waals surface area contributed by atoms with Gasteiger partial charge in [-0.15, -0.1) is 0 Å². The Bertz CT molecular complexity index is 966. The van der Waals surface area contributed by atoms with E-state index in [-0.39, 0.29) is 31.3 Å². The van der Waals surface area contributed by atoms with Gasteiger partial charge in [0.25, 0.3) is 0 Å². The minimum absolute atomic E-state index is 0.153. The fourth-order valence-electron chi connectivity index (χ4n) is 4.57. The molecule has 2 aliphatic rings. The van der Waals surface area contributed by atoms with Crippen molar-refractivity contribution in [3.05, 3.63) is 47.5 Å². The van der Waals surface area contributed by atoms with Crippen LogP contribution < -0.4 is 0 Å². The molecule has 30 heavy (non-hydrogen) atoms. The second-order valence-electron chi connectivity index (χ2n) is 7.55. The molecule has 1 N–H and O–H groups in total. The third-order valence-corrected chi connectivity index (χ3v) is 6.08. The molecule has 0 radical (unpaired) electrons. The van der Waals surface area contributed by atoms with Crippen molar-refractivity contribution in [1.29, 1.82) is 21.2 Å². The summed E-state index contributed by atoms with van der Waals surface area (Å²) in [6.07, 6.45) is 2.46. The van der Waals surface area contributed by atoms with Crippen molar-refractivity contribution < 1.29 is 9.53 Å². The van der Waals surface area contributed by atoms with Crippen molar-refractivity contribution in [2.24, 2.45) is 23.2 Å². The number of amides is 1. The summed E-state index contributed by atoms with van der Waals surface area (Å²) in [4.78, 5) is 13.8. The van der Waals surface area contributed by atoms with Gasteiger partial charge in [0, 0.05) is 24.9 Å². The summed E-state index contributed by atoms with van der Waals surface area (Å²) in [7, 11) is 0. The van der Waals surface area contributed by atoms with Crippen molar-refractivity contribution in [1.82, 2.24) is 4.90 Å². The van der Waals surface area contributed by atoms with Gasteiger partial charge in [-0.3, -0.25) is 0 Å². The first-order valence-corrected chi connectivity index (χ1v) is 9.99. The van der Waals surface area contributed by atoms with Crippen LogP contribution in [0.4, 0.5) is 4.79 Å². The summed E-state index contributed by atoms with van der Waals surface area (Å²) in [5.74, 6) is -1.79. The zero-order chi connectivity index (χ0) is 21.7. The average molecular weight is 401 g/mol. The van der Waals surface area contributed by atoms with Crippen LogP contribution in [0.25, 0.3) is 0 Å². The van der Waals surface area contributed by atoms with Crippen LogP contribution in [0.2, 0.25) is 0 Å². The largest absolute Gasteiger partial charge is 0.450 e. The van der Waals surface area contributed by atoms with E-state index >= 15 is 0 Å². The average Bonchev–Trinajstić information content (AvgIpc) is 2.78. The molecular weight excluding hydrogens is 378 g/mol. The Kier molecular flexibility index (Phi) is 6.19. The predicted octanol–water partition coefficient (Wildman–Crippen LogP) is 3.46. The Morgan fingerprint density at radius 2 is 1.97 bits per heavy atom. The van der Waals surface area contributed by atoms with Crippen molar-refractivity contribution in [2.45, 2.75) is 19.8 Å². The maximum absolute atomic E-state index is 12.3. The van der Waals surface area contributed by atoms with Crippen LogP contribution >= 0.6 is 0 Å². The van der Waals surface area contributed by atoms with Gasteiger partial charge in [-0.25, -0.2) is 4.79 Å². The van der Waals surface area contributed by atoms with Gasteiger partial charge in [0.2, 0.25) is 0 Å². The van der Waals surface area contributed by atoms with E-state index in [0.29, 0.717) is 12.8 Å². The number of ether oxygens (including phenoxy) is 1. The lowest BCUT2D eigenvalue weighted by atomic mass is 9.55. The predicted molar refractivity (Wildman–Crippen MR) is 109 cm³/mol. The number of fused-ring (bicyclic) bond motifs is 1. The maximum atomic E-state index is 12.3. The summed E-state index contributed by atoms with van der Waals surface area (Å²) >= 11 is 0. The van der Waals surface area contributed by atoms with Crippen LogP contribution in [0.1, 0.15) is 18.9 Å². The standard InChI is InChI=1S/C23H23N5O2/c1-2-30-22(29)28-11-10-17-18(12-24)21(27)23(14-25,15-26)20(19(17)13-28)9-8-16-6-4-3-5-7-16/h3-7,10,18-20,27H,2,8-9,11,13H2,1H3/t18?,19-,20-/m1/s1. The van der Waals surface area contributed by atoms with Crippen molar-refractivity contribution >= 4 is 11.8 Å². The summed E-state index contributed by atoms with van der Waals surface area (Å²) in [5, 5.41) is 38.3. The highest BCUT2D eigenvalue weighted by molar-refractivity contribution is 6.00. The highest BCUT2D eigenvalue weighted by atomic mass is 16.6. The molecular formula is C23H23N5O2. The molecule has 7 heteroatoms. The van der Waals surface area contributed by atoms with E-state index in [4.69, 9.17) is 10.1 Å². The number of nitriles is 3. The smallest absolute Gasteiger partial charge is 0.410 e. The number of carbonyl (C=O) groups is 1. The van der Waals surface area contributed by atoms with Gasteiger partial charge in [0.15, 0.2) is 5.41 Å². The number of nitrogens with one attached hydrogen (secondary N) is 1. The number of hydrogen-bond acceptors (Lipinski definition) is 6. The minimum Gasteiger partial charge on any atom is -0.450 e. The molecule has 1 aromatic carbocycles. The Balaban J connectivity index is 2.01. The highest BCUT2D eigenvalue weighted by Crippen LogP contribution is 2.50. The van der Waals surface area contributed by atoms with Crippen LogP contribution in [-0.4, -0.2) is 36.4 Å². The van der Waals surface area contributed by atoms with Crippen LogP contribution in [0, 0.1) is 62.6 Å². The molecule has 0 spiro atoms. The summed E-state index contributed by atoms with van der Waals surface area (Å²) in [6, 6.07) is 16.0. The molecule has 1 unspecified atom stereocenters. The van der Waals surface area contributed by atoms with E-state index in [1.165, 1.54) is 4.90 Å². The first-order valence-electron chi connectivity index (χ1n) is 9.99. The number of benzene rings is 1. The van der Waals surface area contributed by atoms with Gasteiger partial charge in [-0.1, -0.05) is 36.4 Å². The number of rotatable bonds is 4. The number of aryl methyl sites for hydroxylation is 1. The molecule has 3 rings (SSSR count). The van der Waals surface area contributed by atoms with Crippen LogP contribution in [-0.2, 0) is 11.2 Å². The van der Waals surface area contributed by atoms with Gasteiger partial charge < -0.3 is 15.0 Å². The van der Waals surface area contributed by atoms with E-state index in [2.05, 4.69) is 18.2 Å². The molecule has 1 aromatic rings. The van der Waals surface area contributed by atoms with E-state index in [1.54, 1.807) is 13.0 Å². The lowest BCUT2D eigenvalue weighted by Crippen LogP contribution is -2.55. The van der Waals surface area contributed by atoms with Crippen molar-refractivity contribution in [3.8, 4) is 18.2 Å². The molecule has 1 saturated carbocycles. The molecule has 7 nitrogen and oxygen atoms in total. The first-order chi connectivity index (χ1) is 14.5. The highest BCUT2D eigenvalue weighted by Gasteiger charge is 2.57. The lowest BCUT2D eigenvalue weighted by molar-refractivity contribution is 0.0923. The molecule has 0 saturated heterocycles. The molecule has 152 valence electrons. The first kappa shape index (κ1) is 21.1. The van der Waals surface area contributed by atoms with E-state index in [9.17, 15) is 20.6 Å². The summed E-state index contributed by atoms with van der Waals surface area (Å²) < 4.78 is 5.13. The second kappa shape index (κ2) is 8.80. The fourth-order valence-corrected chi connectivity index (χ4v) is 4.57. The third-order valence-electron chi connectivity index (χ3n) is 6.08. The zero-order valence-electron chi connectivity index (χ0n) is 16.8. The van der Waals surface area contributed by atoms with Crippen LogP contribution in [0.15, 0.2) is 42.0 Å². The van der Waals surface area contributed by atoms with E-state index in [0.717, 1.165) is 11.1 Å². The van der Waals surface area contributed by atoms with Gasteiger partial charge in [0.05, 0.1) is 30.5 Å². The fraction of sp³-hybridized carbons (Fsp3) is 0.435. The van der Waals surface area contributed by atoms with Gasteiger partial charge in [-0.2, -0.15) is 15.8 Å². The molecule has 1 aliphatic heterocycles. The monoisotopic (exact) mass is 401 g/mol. The second-order valence-corrected chi connectivity index (χ2v) is 7.55. The molecule has 1 heterocycles. The molecule has 0 aromatic heterocycles. The normalized spacial score (nSPS) is 24.5. The van der Waals surface area contributed by atoms with Crippen LogP contribution in [0.3, 0.4) is 0 Å². The molecule has 1 aliphatic carbocycles. The molecule has 1 fully saturated rings. The Morgan fingerprint density at radius 1 is 1.27 bits per heavy atom. The number of carbonyl (C=O) groups excluding carboxylic acids is 1. The SMILES string of the molecule is CCOC(=O)N1CC=C2C(C#N)C(=N)C(C#N)(C#N)[C@H](CCc3ccccc3)[C@@H]2C1. The molecule has 3 atom stereocenters. The number of nitrogens with zero attached hydrogens (tertiary/aromatic N) is 4. The Morgan fingerprint density at radius 3 is 2.57 bits per heavy atom. The zero-order valence-corrected chi connectivity index (χ0v) is 16.8. The Labute approximate surface area is 176 Å². The van der Waals surface area contributed by atoms with E-state index < -0.39 is 23.3 Å². The quantitative estimate of drug-likeness (QED) is 0.774. The van der Waals surface area contributed by atoms with Crippen molar-refractivity contribution in [2.75, 3.05) is 19.7 Å². The Hall–Kier alpha value is -3.63. The maximum Gasteiger partial charge on any atom is 0.410 e. The summed E-state index contributed by atoms with van der Waals surface area (Å²) in [6.45, 7) is 2.53. The summed E-state index contributed by atoms with van der Waals surface area (Å²) in [5.41, 5.74) is -0.0447. The minimum atomic E-state index is -1.70. The third kappa shape index (κ3) is 3.53. The topological polar surface area (TPSA) is 125 Å². The van der Waals surface area contributed by atoms with E-state index in [1.807, 2.05) is 30.3 Å². The molecule has 1 amide bonds.